The molecule has 1 aromatic heterocycles. The van der Waals surface area contributed by atoms with Crippen LogP contribution in [0.2, 0.25) is 0 Å². The fourth-order valence-electron chi connectivity index (χ4n) is 1.04. The number of nitrogens with zero attached hydrogens (tertiary/aromatic N) is 1. The van der Waals surface area contributed by atoms with Gasteiger partial charge >= 0.3 is 0 Å². The molecule has 0 aliphatic carbocycles. The van der Waals surface area contributed by atoms with E-state index < -0.39 is 0 Å². The molecule has 1 heterocycles. The van der Waals surface area contributed by atoms with E-state index in [0.29, 0.717) is 0 Å². The average molecular weight is 151 g/mol. The van der Waals surface area contributed by atoms with Crippen LogP contribution in [-0.4, -0.2) is 4.57 Å². The molecule has 0 aliphatic rings. The van der Waals surface area contributed by atoms with Crippen molar-refractivity contribution in [2.24, 2.45) is 7.05 Å². The Morgan fingerprint density at radius 3 is 2.55 bits per heavy atom. The summed E-state index contributed by atoms with van der Waals surface area (Å²) in [6.45, 7) is 3.99. The van der Waals surface area contributed by atoms with Crippen molar-refractivity contribution in [2.45, 2.75) is 20.3 Å². The van der Waals surface area contributed by atoms with E-state index in [1.54, 1.807) is 17.7 Å². The summed E-state index contributed by atoms with van der Waals surface area (Å²) in [5.74, 6) is 0. The lowest BCUT2D eigenvalue weighted by Gasteiger charge is -2.03. The minimum absolute atomic E-state index is 0.0850. The minimum Gasteiger partial charge on any atom is -0.316 e. The molecule has 0 unspecified atom stereocenters. The molecule has 0 amide bonds. The monoisotopic (exact) mass is 151 g/mol. The first kappa shape index (κ1) is 8.05. The lowest BCUT2D eigenvalue weighted by atomic mass is 10.2. The van der Waals surface area contributed by atoms with Crippen molar-refractivity contribution in [3.8, 4) is 0 Å². The van der Waals surface area contributed by atoms with Crippen molar-refractivity contribution in [1.82, 2.24) is 4.57 Å². The molecular formula is C9H13NO. The maximum Gasteiger partial charge on any atom is 0.250 e. The number of aromatic nitrogens is 1. The Bertz CT molecular complexity index is 312. The van der Waals surface area contributed by atoms with Gasteiger partial charge < -0.3 is 4.57 Å². The first-order valence-corrected chi connectivity index (χ1v) is 3.81. The molecular weight excluding hydrogens is 138 g/mol. The molecule has 1 aromatic rings. The molecule has 0 N–H and O–H groups in total. The van der Waals surface area contributed by atoms with Crippen LogP contribution in [0.1, 0.15) is 18.2 Å². The van der Waals surface area contributed by atoms with E-state index in [1.807, 2.05) is 19.9 Å². The van der Waals surface area contributed by atoms with Crippen molar-refractivity contribution >= 4 is 0 Å². The highest BCUT2D eigenvalue weighted by atomic mass is 16.1. The van der Waals surface area contributed by atoms with Crippen LogP contribution in [0.4, 0.5) is 0 Å². The van der Waals surface area contributed by atoms with Gasteiger partial charge in [0.25, 0.3) is 5.56 Å². The molecule has 2 heteroatoms. The third kappa shape index (κ3) is 1.50. The molecule has 0 aliphatic heterocycles. The quantitative estimate of drug-likeness (QED) is 0.592. The second kappa shape index (κ2) is 2.91. The van der Waals surface area contributed by atoms with E-state index in [4.69, 9.17) is 0 Å². The van der Waals surface area contributed by atoms with Gasteiger partial charge in [-0.2, -0.15) is 0 Å². The summed E-state index contributed by atoms with van der Waals surface area (Å²) >= 11 is 0. The zero-order valence-corrected chi connectivity index (χ0v) is 7.22. The first-order chi connectivity index (χ1) is 5.15. The van der Waals surface area contributed by atoms with Gasteiger partial charge in [-0.25, -0.2) is 0 Å². The summed E-state index contributed by atoms with van der Waals surface area (Å²) in [5, 5.41) is 0. The van der Waals surface area contributed by atoms with E-state index in [1.165, 1.54) is 0 Å². The molecule has 11 heavy (non-hydrogen) atoms. The van der Waals surface area contributed by atoms with Crippen LogP contribution in [0.5, 0.6) is 0 Å². The fraction of sp³-hybridized carbons (Fsp3) is 0.444. The lowest BCUT2D eigenvalue weighted by molar-refractivity contribution is 0.810. The van der Waals surface area contributed by atoms with Crippen LogP contribution in [-0.2, 0) is 13.5 Å². The Morgan fingerprint density at radius 2 is 2.09 bits per heavy atom. The van der Waals surface area contributed by atoms with Crippen molar-refractivity contribution in [1.29, 1.82) is 0 Å². The van der Waals surface area contributed by atoms with Crippen LogP contribution in [0.15, 0.2) is 16.9 Å². The van der Waals surface area contributed by atoms with Crippen LogP contribution >= 0.6 is 0 Å². The standard InChI is InChI=1S/C9H13NO/c1-4-8-5-7(2)10(3)9(11)6-8/h5-6H,4H2,1-3H3. The van der Waals surface area contributed by atoms with E-state index in [9.17, 15) is 4.79 Å². The molecule has 0 aromatic carbocycles. The van der Waals surface area contributed by atoms with Gasteiger partial charge in [-0.05, 0) is 25.0 Å². The van der Waals surface area contributed by atoms with E-state index in [0.717, 1.165) is 17.7 Å². The molecule has 2 nitrogen and oxygen atoms in total. The number of pyridine rings is 1. The van der Waals surface area contributed by atoms with Crippen molar-refractivity contribution in [3.63, 3.8) is 0 Å². The highest BCUT2D eigenvalue weighted by Crippen LogP contribution is 1.99. The van der Waals surface area contributed by atoms with E-state index >= 15 is 0 Å². The maximum atomic E-state index is 11.2. The summed E-state index contributed by atoms with van der Waals surface area (Å²) < 4.78 is 1.65. The van der Waals surface area contributed by atoms with E-state index in [-0.39, 0.29) is 5.56 Å². The number of aryl methyl sites for hydroxylation is 2. The van der Waals surface area contributed by atoms with E-state index in [2.05, 4.69) is 0 Å². The fourth-order valence-corrected chi connectivity index (χ4v) is 1.04. The van der Waals surface area contributed by atoms with Gasteiger partial charge in [0.05, 0.1) is 0 Å². The summed E-state index contributed by atoms with van der Waals surface area (Å²) in [6, 6.07) is 3.73. The maximum absolute atomic E-state index is 11.2. The Morgan fingerprint density at radius 1 is 1.45 bits per heavy atom. The van der Waals surface area contributed by atoms with Gasteiger partial charge in [0.15, 0.2) is 0 Å². The van der Waals surface area contributed by atoms with Gasteiger partial charge in [-0.15, -0.1) is 0 Å². The SMILES string of the molecule is CCc1cc(C)n(C)c(=O)c1. The van der Waals surface area contributed by atoms with Crippen molar-refractivity contribution < 1.29 is 0 Å². The van der Waals surface area contributed by atoms with Crippen LogP contribution in [0.25, 0.3) is 0 Å². The molecule has 0 bridgehead atoms. The van der Waals surface area contributed by atoms with Crippen LogP contribution < -0.4 is 5.56 Å². The highest BCUT2D eigenvalue weighted by molar-refractivity contribution is 5.16. The normalized spacial score (nSPS) is 10.1. The second-order valence-electron chi connectivity index (χ2n) is 2.76. The molecule has 0 atom stereocenters. The zero-order chi connectivity index (χ0) is 8.43. The number of rotatable bonds is 1. The summed E-state index contributed by atoms with van der Waals surface area (Å²) in [4.78, 5) is 11.2. The van der Waals surface area contributed by atoms with Gasteiger partial charge in [0.1, 0.15) is 0 Å². The third-order valence-corrected chi connectivity index (χ3v) is 1.97. The highest BCUT2D eigenvalue weighted by Gasteiger charge is 1.96. The minimum atomic E-state index is 0.0850. The summed E-state index contributed by atoms with van der Waals surface area (Å²) in [5.41, 5.74) is 2.22. The molecule has 0 spiro atoms. The summed E-state index contributed by atoms with van der Waals surface area (Å²) in [6.07, 6.45) is 0.927. The topological polar surface area (TPSA) is 22.0 Å². The van der Waals surface area contributed by atoms with Crippen molar-refractivity contribution in [3.05, 3.63) is 33.7 Å². The van der Waals surface area contributed by atoms with Crippen LogP contribution in [0, 0.1) is 6.92 Å². The second-order valence-corrected chi connectivity index (χ2v) is 2.76. The molecule has 0 radical (unpaired) electrons. The molecule has 60 valence electrons. The first-order valence-electron chi connectivity index (χ1n) is 3.81. The van der Waals surface area contributed by atoms with Gasteiger partial charge in [0.2, 0.25) is 0 Å². The molecule has 1 rings (SSSR count). The Labute approximate surface area is 66.5 Å². The smallest absolute Gasteiger partial charge is 0.250 e. The predicted molar refractivity (Wildman–Crippen MR) is 45.8 cm³/mol. The Hall–Kier alpha value is -1.05. The van der Waals surface area contributed by atoms with Gasteiger partial charge in [-0.3, -0.25) is 4.79 Å². The third-order valence-electron chi connectivity index (χ3n) is 1.97. The largest absolute Gasteiger partial charge is 0.316 e. The van der Waals surface area contributed by atoms with Crippen molar-refractivity contribution in [2.75, 3.05) is 0 Å². The number of hydrogen-bond donors (Lipinski definition) is 0. The van der Waals surface area contributed by atoms with Gasteiger partial charge in [-0.1, -0.05) is 6.92 Å². The lowest BCUT2D eigenvalue weighted by Crippen LogP contribution is -2.18. The Kier molecular flexibility index (Phi) is 2.13. The summed E-state index contributed by atoms with van der Waals surface area (Å²) in [7, 11) is 1.79. The predicted octanol–water partition coefficient (Wildman–Crippen LogP) is 1.26. The average Bonchev–Trinajstić information content (AvgIpc) is 1.99. The number of hydrogen-bond acceptors (Lipinski definition) is 1. The van der Waals surface area contributed by atoms with Gasteiger partial charge in [0, 0.05) is 18.8 Å². The van der Waals surface area contributed by atoms with Crippen LogP contribution in [0.3, 0.4) is 0 Å². The Balaban J connectivity index is 3.32. The zero-order valence-electron chi connectivity index (χ0n) is 7.22. The molecule has 0 saturated carbocycles. The molecule has 0 saturated heterocycles. The molecule has 0 fully saturated rings.